The Hall–Kier alpha value is -0.523. The zero-order chi connectivity index (χ0) is 8.91. The fourth-order valence-corrected chi connectivity index (χ4v) is 1.38. The molecule has 11 heavy (non-hydrogen) atoms. The van der Waals surface area contributed by atoms with Gasteiger partial charge in [0.2, 0.25) is 0 Å². The summed E-state index contributed by atoms with van der Waals surface area (Å²) in [6.07, 6.45) is 5.25. The van der Waals surface area contributed by atoms with Crippen molar-refractivity contribution in [3.63, 3.8) is 0 Å². The average molecular weight is 168 g/mol. The first-order valence-corrected chi connectivity index (χ1v) is 5.12. The Bertz CT molecular complexity index is 182. The molecule has 62 valence electrons. The van der Waals surface area contributed by atoms with Gasteiger partial charge < -0.3 is 4.43 Å². The zero-order valence-corrected chi connectivity index (χ0v) is 9.18. The molecule has 0 saturated carbocycles. The minimum absolute atomic E-state index is 0.377. The average Bonchev–Trinajstić information content (AvgIpc) is 1.87. The molecule has 0 aliphatic carbocycles. The molecule has 0 aliphatic rings. The standard InChI is InChI=1S/C9H16OSi/c1-6-9(4,5)10-11-7-8(2)3/h1,7H,11H2,2-5H3. The van der Waals surface area contributed by atoms with E-state index in [-0.39, 0.29) is 5.60 Å². The topological polar surface area (TPSA) is 9.23 Å². The van der Waals surface area contributed by atoms with Crippen molar-refractivity contribution in [1.29, 1.82) is 0 Å². The third-order valence-electron chi connectivity index (χ3n) is 1.28. The molecule has 1 nitrogen and oxygen atoms in total. The van der Waals surface area contributed by atoms with Gasteiger partial charge in [-0.1, -0.05) is 17.2 Å². The lowest BCUT2D eigenvalue weighted by Gasteiger charge is -2.17. The van der Waals surface area contributed by atoms with E-state index in [0.29, 0.717) is 0 Å². The summed E-state index contributed by atoms with van der Waals surface area (Å²) in [5.74, 6) is 2.60. The van der Waals surface area contributed by atoms with Crippen LogP contribution in [0.5, 0.6) is 0 Å². The summed E-state index contributed by atoms with van der Waals surface area (Å²) in [6, 6.07) is 0. The normalized spacial score (nSPS) is 11.5. The van der Waals surface area contributed by atoms with Gasteiger partial charge in [0, 0.05) is 0 Å². The van der Waals surface area contributed by atoms with Gasteiger partial charge >= 0.3 is 0 Å². The summed E-state index contributed by atoms with van der Waals surface area (Å²) in [7, 11) is -0.556. The van der Waals surface area contributed by atoms with E-state index in [9.17, 15) is 0 Å². The molecule has 0 amide bonds. The maximum Gasteiger partial charge on any atom is 0.187 e. The second-order valence-corrected chi connectivity index (χ2v) is 4.28. The molecule has 0 atom stereocenters. The predicted octanol–water partition coefficient (Wildman–Crippen LogP) is 1.42. The van der Waals surface area contributed by atoms with Crippen LogP contribution in [0.3, 0.4) is 0 Å². The van der Waals surface area contributed by atoms with E-state index in [1.165, 1.54) is 5.57 Å². The van der Waals surface area contributed by atoms with E-state index >= 15 is 0 Å². The van der Waals surface area contributed by atoms with Crippen molar-refractivity contribution in [2.45, 2.75) is 33.3 Å². The minimum Gasteiger partial charge on any atom is -0.404 e. The van der Waals surface area contributed by atoms with Crippen molar-refractivity contribution in [3.05, 3.63) is 11.3 Å². The molecule has 0 fully saturated rings. The van der Waals surface area contributed by atoms with Crippen LogP contribution >= 0.6 is 0 Å². The zero-order valence-electron chi connectivity index (χ0n) is 7.77. The van der Waals surface area contributed by atoms with Gasteiger partial charge in [0.15, 0.2) is 9.76 Å². The number of terminal acetylenes is 1. The molecule has 0 unspecified atom stereocenters. The van der Waals surface area contributed by atoms with Gasteiger partial charge in [0.25, 0.3) is 0 Å². The van der Waals surface area contributed by atoms with Crippen molar-refractivity contribution >= 4 is 9.76 Å². The summed E-state index contributed by atoms with van der Waals surface area (Å²) in [5, 5.41) is 0. The van der Waals surface area contributed by atoms with E-state index < -0.39 is 9.76 Å². The molecule has 0 N–H and O–H groups in total. The summed E-state index contributed by atoms with van der Waals surface area (Å²) < 4.78 is 5.52. The molecule has 0 bridgehead atoms. The van der Waals surface area contributed by atoms with E-state index in [0.717, 1.165) is 0 Å². The van der Waals surface area contributed by atoms with Gasteiger partial charge in [0.1, 0.15) is 5.60 Å². The van der Waals surface area contributed by atoms with Crippen LogP contribution in [-0.2, 0) is 4.43 Å². The van der Waals surface area contributed by atoms with Gasteiger partial charge in [0.05, 0.1) is 0 Å². The Morgan fingerprint density at radius 3 is 2.45 bits per heavy atom. The van der Waals surface area contributed by atoms with Crippen LogP contribution in [0.2, 0.25) is 0 Å². The molecule has 0 radical (unpaired) electrons. The highest BCUT2D eigenvalue weighted by molar-refractivity contribution is 6.34. The molecule has 0 aromatic carbocycles. The SMILES string of the molecule is C#CC(C)(C)O[SiH2]C=C(C)C. The Morgan fingerprint density at radius 1 is 1.55 bits per heavy atom. The molecule has 0 rings (SSSR count). The number of rotatable bonds is 3. The smallest absolute Gasteiger partial charge is 0.187 e. The van der Waals surface area contributed by atoms with Crippen LogP contribution in [0.15, 0.2) is 11.3 Å². The Labute approximate surface area is 71.8 Å². The highest BCUT2D eigenvalue weighted by Crippen LogP contribution is 2.05. The molecule has 0 heterocycles. The Balaban J connectivity index is 3.74. The molecule has 0 aromatic rings. The molecular formula is C9H16OSi. The molecule has 0 aromatic heterocycles. The lowest BCUT2D eigenvalue weighted by atomic mass is 10.2. The van der Waals surface area contributed by atoms with Crippen LogP contribution in [0.4, 0.5) is 0 Å². The fourth-order valence-electron chi connectivity index (χ4n) is 0.458. The first-order chi connectivity index (χ1) is 4.98. The maximum atomic E-state index is 5.52. The molecule has 0 aliphatic heterocycles. The summed E-state index contributed by atoms with van der Waals surface area (Å²) in [6.45, 7) is 7.97. The first kappa shape index (κ1) is 10.5. The molecule has 0 saturated heterocycles. The predicted molar refractivity (Wildman–Crippen MR) is 52.0 cm³/mol. The highest BCUT2D eigenvalue weighted by atomic mass is 28.2. The van der Waals surface area contributed by atoms with Gasteiger partial charge in [-0.05, 0) is 27.7 Å². The molecular weight excluding hydrogens is 152 g/mol. The third kappa shape index (κ3) is 5.90. The maximum absolute atomic E-state index is 5.52. The lowest BCUT2D eigenvalue weighted by Crippen LogP contribution is -2.23. The molecule has 0 spiro atoms. The quantitative estimate of drug-likeness (QED) is 0.457. The van der Waals surface area contributed by atoms with Crippen molar-refractivity contribution in [3.8, 4) is 12.3 Å². The van der Waals surface area contributed by atoms with Crippen LogP contribution in [0.1, 0.15) is 27.7 Å². The number of allylic oxidation sites excluding steroid dienone is 1. The van der Waals surface area contributed by atoms with E-state index in [4.69, 9.17) is 10.8 Å². The largest absolute Gasteiger partial charge is 0.404 e. The number of hydrogen-bond donors (Lipinski definition) is 0. The van der Waals surface area contributed by atoms with E-state index in [2.05, 4.69) is 25.5 Å². The summed E-state index contributed by atoms with van der Waals surface area (Å²) >= 11 is 0. The monoisotopic (exact) mass is 168 g/mol. The first-order valence-electron chi connectivity index (χ1n) is 3.73. The second kappa shape index (κ2) is 4.37. The van der Waals surface area contributed by atoms with Crippen molar-refractivity contribution < 1.29 is 4.43 Å². The highest BCUT2D eigenvalue weighted by Gasteiger charge is 2.11. The lowest BCUT2D eigenvalue weighted by molar-refractivity contribution is 0.185. The van der Waals surface area contributed by atoms with Crippen LogP contribution in [0, 0.1) is 12.3 Å². The van der Waals surface area contributed by atoms with Crippen molar-refractivity contribution in [2.75, 3.05) is 0 Å². The summed E-state index contributed by atoms with van der Waals surface area (Å²) in [4.78, 5) is 0. The van der Waals surface area contributed by atoms with Crippen LogP contribution in [-0.4, -0.2) is 15.4 Å². The van der Waals surface area contributed by atoms with Crippen LogP contribution < -0.4 is 0 Å². The second-order valence-electron chi connectivity index (χ2n) is 3.25. The van der Waals surface area contributed by atoms with Gasteiger partial charge in [-0.25, -0.2) is 0 Å². The Kier molecular flexibility index (Phi) is 4.17. The van der Waals surface area contributed by atoms with Crippen molar-refractivity contribution in [2.24, 2.45) is 0 Å². The fraction of sp³-hybridized carbons (Fsp3) is 0.556. The van der Waals surface area contributed by atoms with Gasteiger partial charge in [-0.3, -0.25) is 0 Å². The van der Waals surface area contributed by atoms with Gasteiger partial charge in [-0.2, -0.15) is 0 Å². The van der Waals surface area contributed by atoms with E-state index in [1.807, 2.05) is 13.8 Å². The van der Waals surface area contributed by atoms with Gasteiger partial charge in [-0.15, -0.1) is 6.42 Å². The number of hydrogen-bond acceptors (Lipinski definition) is 1. The third-order valence-corrected chi connectivity index (χ3v) is 3.15. The minimum atomic E-state index is -0.556. The Morgan fingerprint density at radius 2 is 2.09 bits per heavy atom. The molecule has 2 heteroatoms. The van der Waals surface area contributed by atoms with Crippen LogP contribution in [0.25, 0.3) is 0 Å². The summed E-state index contributed by atoms with van der Waals surface area (Å²) in [5.41, 5.74) is 3.08. The van der Waals surface area contributed by atoms with Crippen molar-refractivity contribution in [1.82, 2.24) is 0 Å². The van der Waals surface area contributed by atoms with E-state index in [1.54, 1.807) is 0 Å².